The largest absolute Gasteiger partial charge is 0.396 e. The summed E-state index contributed by atoms with van der Waals surface area (Å²) in [6.45, 7) is -0.159. The monoisotopic (exact) mass is 411 g/mol. The van der Waals surface area contributed by atoms with E-state index in [-0.39, 0.29) is 33.5 Å². The molecule has 2 amide bonds. The number of halogens is 3. The van der Waals surface area contributed by atoms with Gasteiger partial charge in [0.2, 0.25) is 0 Å². The SMILES string of the molecule is O=C1C(SCCO)=C(c2ccc(Cl)cc2Cl)C(=O)N1c1ccc(F)cc1. The zero-order valence-corrected chi connectivity index (χ0v) is 15.5. The van der Waals surface area contributed by atoms with Crippen LogP contribution in [0.3, 0.4) is 0 Å². The smallest absolute Gasteiger partial charge is 0.272 e. The molecule has 1 heterocycles. The van der Waals surface area contributed by atoms with E-state index in [9.17, 15) is 14.0 Å². The van der Waals surface area contributed by atoms with Gasteiger partial charge in [0.15, 0.2) is 0 Å². The average Bonchev–Trinajstić information content (AvgIpc) is 2.84. The molecule has 134 valence electrons. The first kappa shape index (κ1) is 18.9. The van der Waals surface area contributed by atoms with Crippen molar-refractivity contribution in [3.63, 3.8) is 0 Å². The van der Waals surface area contributed by atoms with Crippen LogP contribution in [-0.4, -0.2) is 29.3 Å². The van der Waals surface area contributed by atoms with Crippen molar-refractivity contribution in [2.24, 2.45) is 0 Å². The fourth-order valence-corrected chi connectivity index (χ4v) is 3.90. The summed E-state index contributed by atoms with van der Waals surface area (Å²) in [5.41, 5.74) is 0.766. The van der Waals surface area contributed by atoms with E-state index in [1.807, 2.05) is 0 Å². The van der Waals surface area contributed by atoms with Crippen LogP contribution >= 0.6 is 35.0 Å². The molecule has 8 heteroatoms. The zero-order valence-electron chi connectivity index (χ0n) is 13.2. The van der Waals surface area contributed by atoms with E-state index < -0.39 is 17.6 Å². The number of nitrogens with zero attached hydrogens (tertiary/aromatic N) is 1. The van der Waals surface area contributed by atoms with Crippen molar-refractivity contribution in [1.29, 1.82) is 0 Å². The van der Waals surface area contributed by atoms with E-state index in [1.54, 1.807) is 12.1 Å². The normalized spacial score (nSPS) is 14.5. The first-order valence-corrected chi connectivity index (χ1v) is 9.26. The molecule has 26 heavy (non-hydrogen) atoms. The molecule has 1 aliphatic heterocycles. The van der Waals surface area contributed by atoms with Crippen LogP contribution in [0.25, 0.3) is 5.57 Å². The highest BCUT2D eigenvalue weighted by molar-refractivity contribution is 8.04. The second-order valence-electron chi connectivity index (χ2n) is 5.32. The molecule has 1 aliphatic rings. The van der Waals surface area contributed by atoms with Gasteiger partial charge in [0.05, 0.1) is 27.8 Å². The van der Waals surface area contributed by atoms with Crippen molar-refractivity contribution in [3.8, 4) is 0 Å². The standard InChI is InChI=1S/C18H12Cl2FNO3S/c19-10-1-6-13(14(20)9-10)15-16(26-8-7-23)18(25)22(17(15)24)12-4-2-11(21)3-5-12/h1-6,9,23H,7-8H2. The van der Waals surface area contributed by atoms with Gasteiger partial charge in [-0.2, -0.15) is 0 Å². The van der Waals surface area contributed by atoms with Crippen molar-refractivity contribution >= 4 is 58.0 Å². The molecular weight excluding hydrogens is 400 g/mol. The summed E-state index contributed by atoms with van der Waals surface area (Å²) in [7, 11) is 0. The molecule has 0 fully saturated rings. The number of amides is 2. The van der Waals surface area contributed by atoms with Crippen molar-refractivity contribution in [3.05, 3.63) is 68.8 Å². The summed E-state index contributed by atoms with van der Waals surface area (Å²) in [6.07, 6.45) is 0. The van der Waals surface area contributed by atoms with Crippen LogP contribution in [-0.2, 0) is 9.59 Å². The van der Waals surface area contributed by atoms with Gasteiger partial charge in [-0.15, -0.1) is 11.8 Å². The number of hydrogen-bond donors (Lipinski definition) is 1. The molecule has 0 aliphatic carbocycles. The second kappa shape index (κ2) is 7.80. The number of anilines is 1. The first-order valence-electron chi connectivity index (χ1n) is 7.51. The lowest BCUT2D eigenvalue weighted by Gasteiger charge is -2.15. The minimum atomic E-state index is -0.564. The lowest BCUT2D eigenvalue weighted by molar-refractivity contribution is -0.119. The molecule has 3 rings (SSSR count). The Morgan fingerprint density at radius 2 is 1.73 bits per heavy atom. The molecule has 0 unspecified atom stereocenters. The van der Waals surface area contributed by atoms with Crippen molar-refractivity contribution in [1.82, 2.24) is 0 Å². The number of hydrogen-bond acceptors (Lipinski definition) is 4. The predicted octanol–water partition coefficient (Wildman–Crippen LogP) is 4.14. The van der Waals surface area contributed by atoms with Gasteiger partial charge < -0.3 is 5.11 Å². The van der Waals surface area contributed by atoms with E-state index in [0.717, 1.165) is 16.7 Å². The summed E-state index contributed by atoms with van der Waals surface area (Å²) in [5.74, 6) is -1.34. The fourth-order valence-electron chi connectivity index (χ4n) is 2.55. The van der Waals surface area contributed by atoms with Gasteiger partial charge in [-0.25, -0.2) is 9.29 Å². The Morgan fingerprint density at radius 3 is 2.35 bits per heavy atom. The molecule has 4 nitrogen and oxygen atoms in total. The minimum Gasteiger partial charge on any atom is -0.396 e. The van der Waals surface area contributed by atoms with Crippen LogP contribution in [0.1, 0.15) is 5.56 Å². The molecule has 0 spiro atoms. The van der Waals surface area contributed by atoms with Gasteiger partial charge >= 0.3 is 0 Å². The number of carbonyl (C=O) groups excluding carboxylic acids is 2. The maximum absolute atomic E-state index is 13.2. The summed E-state index contributed by atoms with van der Waals surface area (Å²) in [5, 5.41) is 9.73. The first-order chi connectivity index (χ1) is 12.4. The van der Waals surface area contributed by atoms with E-state index in [0.29, 0.717) is 10.6 Å². The Kier molecular flexibility index (Phi) is 5.67. The Morgan fingerprint density at radius 1 is 1.04 bits per heavy atom. The number of aliphatic hydroxyl groups is 1. The Balaban J connectivity index is 2.10. The number of rotatable bonds is 5. The van der Waals surface area contributed by atoms with Crippen molar-refractivity contribution < 1.29 is 19.1 Å². The Hall–Kier alpha value is -1.86. The molecule has 0 bridgehead atoms. The number of carbonyl (C=O) groups is 2. The third kappa shape index (κ3) is 3.50. The lowest BCUT2D eigenvalue weighted by atomic mass is 10.1. The summed E-state index contributed by atoms with van der Waals surface area (Å²) in [4.78, 5) is 27.0. The van der Waals surface area contributed by atoms with Gasteiger partial charge in [-0.1, -0.05) is 29.3 Å². The van der Waals surface area contributed by atoms with Crippen LogP contribution in [0.5, 0.6) is 0 Å². The zero-order chi connectivity index (χ0) is 18.8. The molecule has 0 atom stereocenters. The van der Waals surface area contributed by atoms with Crippen LogP contribution in [0, 0.1) is 5.82 Å². The number of aliphatic hydroxyl groups excluding tert-OH is 1. The molecule has 0 saturated carbocycles. The maximum Gasteiger partial charge on any atom is 0.272 e. The second-order valence-corrected chi connectivity index (χ2v) is 7.27. The molecule has 2 aromatic carbocycles. The third-order valence-electron chi connectivity index (χ3n) is 3.66. The van der Waals surface area contributed by atoms with Crippen LogP contribution < -0.4 is 4.90 Å². The highest BCUT2D eigenvalue weighted by Crippen LogP contribution is 2.40. The predicted molar refractivity (Wildman–Crippen MR) is 102 cm³/mol. The van der Waals surface area contributed by atoms with Gasteiger partial charge in [0.1, 0.15) is 5.82 Å². The number of imide groups is 1. The van der Waals surface area contributed by atoms with E-state index in [2.05, 4.69) is 0 Å². The summed E-state index contributed by atoms with van der Waals surface area (Å²) < 4.78 is 13.2. The van der Waals surface area contributed by atoms with Gasteiger partial charge in [-0.3, -0.25) is 9.59 Å². The van der Waals surface area contributed by atoms with Crippen LogP contribution in [0.4, 0.5) is 10.1 Å². The quantitative estimate of drug-likeness (QED) is 0.750. The topological polar surface area (TPSA) is 57.6 Å². The lowest BCUT2D eigenvalue weighted by Crippen LogP contribution is -2.31. The summed E-state index contributed by atoms with van der Waals surface area (Å²) in [6, 6.07) is 9.67. The molecule has 2 aromatic rings. The molecular formula is C18H12Cl2FNO3S. The minimum absolute atomic E-state index is 0.138. The maximum atomic E-state index is 13.2. The third-order valence-corrected chi connectivity index (χ3v) is 5.27. The van der Waals surface area contributed by atoms with Crippen molar-refractivity contribution in [2.75, 3.05) is 17.3 Å². The van der Waals surface area contributed by atoms with Gasteiger partial charge in [0.25, 0.3) is 11.8 Å². The van der Waals surface area contributed by atoms with Crippen LogP contribution in [0.15, 0.2) is 47.4 Å². The van der Waals surface area contributed by atoms with E-state index >= 15 is 0 Å². The Labute approximate surface area is 163 Å². The molecule has 0 saturated heterocycles. The van der Waals surface area contributed by atoms with Gasteiger partial charge in [0, 0.05) is 16.3 Å². The van der Waals surface area contributed by atoms with Crippen molar-refractivity contribution in [2.45, 2.75) is 0 Å². The molecule has 0 aromatic heterocycles. The molecule has 0 radical (unpaired) electrons. The summed E-state index contributed by atoms with van der Waals surface area (Å²) >= 11 is 13.2. The highest BCUT2D eigenvalue weighted by Gasteiger charge is 2.40. The van der Waals surface area contributed by atoms with Crippen LogP contribution in [0.2, 0.25) is 10.0 Å². The Bertz CT molecular complexity index is 915. The number of benzene rings is 2. The van der Waals surface area contributed by atoms with E-state index in [1.165, 1.54) is 30.3 Å². The van der Waals surface area contributed by atoms with Gasteiger partial charge in [-0.05, 0) is 36.4 Å². The highest BCUT2D eigenvalue weighted by atomic mass is 35.5. The molecule has 1 N–H and O–H groups in total. The average molecular weight is 412 g/mol. The number of thioether (sulfide) groups is 1. The van der Waals surface area contributed by atoms with E-state index in [4.69, 9.17) is 28.3 Å². The fraction of sp³-hybridized carbons (Fsp3) is 0.111.